The Morgan fingerprint density at radius 1 is 0.818 bits per heavy atom. The molecule has 0 heterocycles. The lowest BCUT2D eigenvalue weighted by atomic mass is 10.1. The van der Waals surface area contributed by atoms with Crippen molar-refractivity contribution in [3.8, 4) is 11.5 Å². The Labute approximate surface area is 126 Å². The third kappa shape index (κ3) is 4.08. The highest BCUT2D eigenvalue weighted by Gasteiger charge is 2.04. The van der Waals surface area contributed by atoms with E-state index in [2.05, 4.69) is 0 Å². The summed E-state index contributed by atoms with van der Waals surface area (Å²) in [6.07, 6.45) is 0. The van der Waals surface area contributed by atoms with Crippen molar-refractivity contribution in [2.45, 2.75) is 0 Å². The minimum atomic E-state index is -0.415. The molecule has 0 unspecified atom stereocenters. The van der Waals surface area contributed by atoms with Crippen LogP contribution in [0, 0.1) is 0 Å². The van der Waals surface area contributed by atoms with Gasteiger partial charge in [-0.3, -0.25) is 20.4 Å². The van der Waals surface area contributed by atoms with E-state index in [1.165, 1.54) is 0 Å². The van der Waals surface area contributed by atoms with Crippen LogP contribution in [0.5, 0.6) is 11.5 Å². The van der Waals surface area contributed by atoms with Crippen LogP contribution < -0.4 is 32.0 Å². The number of benzene rings is 2. The predicted molar refractivity (Wildman–Crippen MR) is 79.6 cm³/mol. The van der Waals surface area contributed by atoms with Crippen LogP contribution in [0.3, 0.4) is 0 Å². The fourth-order valence-corrected chi connectivity index (χ4v) is 1.76. The second-order valence-corrected chi connectivity index (χ2v) is 4.38. The Morgan fingerprint density at radius 3 is 1.59 bits per heavy atom. The number of carbonyl (C=O) groups excluding carboxylic acids is 2. The van der Waals surface area contributed by atoms with E-state index in [9.17, 15) is 9.59 Å². The van der Waals surface area contributed by atoms with Gasteiger partial charge in [-0.2, -0.15) is 0 Å². The average molecular weight is 304 g/mol. The summed E-state index contributed by atoms with van der Waals surface area (Å²) < 4.78 is 10.6. The van der Waals surface area contributed by atoms with E-state index in [1.807, 2.05) is 23.0 Å². The first kappa shape index (κ1) is 15.5. The van der Waals surface area contributed by atoms with Gasteiger partial charge in [-0.1, -0.05) is 12.1 Å². The van der Waals surface area contributed by atoms with Crippen molar-refractivity contribution in [1.29, 1.82) is 0 Å². The van der Waals surface area contributed by atoms with E-state index in [0.717, 1.165) is 10.8 Å². The SMILES string of the molecule is NNC(=O)COc1ccc2cc(OCC(=O)NN)ccc2c1. The van der Waals surface area contributed by atoms with Crippen molar-refractivity contribution in [3.05, 3.63) is 36.4 Å². The molecule has 0 saturated heterocycles. The van der Waals surface area contributed by atoms with Gasteiger partial charge < -0.3 is 9.47 Å². The highest BCUT2D eigenvalue weighted by molar-refractivity contribution is 5.85. The highest BCUT2D eigenvalue weighted by Crippen LogP contribution is 2.25. The van der Waals surface area contributed by atoms with Crippen LogP contribution in [-0.2, 0) is 9.59 Å². The van der Waals surface area contributed by atoms with Crippen LogP contribution >= 0.6 is 0 Å². The molecule has 0 radical (unpaired) electrons. The van der Waals surface area contributed by atoms with E-state index in [-0.39, 0.29) is 13.2 Å². The van der Waals surface area contributed by atoms with Crippen molar-refractivity contribution >= 4 is 22.6 Å². The lowest BCUT2D eigenvalue weighted by Crippen LogP contribution is -2.34. The summed E-state index contributed by atoms with van der Waals surface area (Å²) in [5, 5.41) is 1.81. The molecule has 0 aliphatic carbocycles. The largest absolute Gasteiger partial charge is 0.484 e. The first-order valence-electron chi connectivity index (χ1n) is 6.40. The van der Waals surface area contributed by atoms with Crippen molar-refractivity contribution in [2.75, 3.05) is 13.2 Å². The van der Waals surface area contributed by atoms with E-state index in [0.29, 0.717) is 11.5 Å². The summed E-state index contributed by atoms with van der Waals surface area (Å²) in [5.74, 6) is 10.2. The van der Waals surface area contributed by atoms with E-state index < -0.39 is 11.8 Å². The Kier molecular flexibility index (Phi) is 5.12. The minimum absolute atomic E-state index is 0.155. The smallest absolute Gasteiger partial charge is 0.271 e. The molecular formula is C14H16N4O4. The lowest BCUT2D eigenvalue weighted by molar-refractivity contribution is -0.123. The predicted octanol–water partition coefficient (Wildman–Crippen LogP) is -0.423. The van der Waals surface area contributed by atoms with Gasteiger partial charge in [0.05, 0.1) is 0 Å². The van der Waals surface area contributed by atoms with Crippen LogP contribution in [-0.4, -0.2) is 25.0 Å². The standard InChI is InChI=1S/C14H16N4O4/c15-17-13(19)7-21-11-3-1-9-5-12(4-2-10(9)6-11)22-8-14(20)18-16/h1-6H,7-8,15-16H2,(H,17,19)(H,18,20). The fraction of sp³-hybridized carbons (Fsp3) is 0.143. The maximum absolute atomic E-state index is 11.0. The molecule has 0 spiro atoms. The Bertz CT molecular complexity index is 630. The molecular weight excluding hydrogens is 288 g/mol. The van der Waals surface area contributed by atoms with Gasteiger partial charge in [-0.05, 0) is 35.0 Å². The van der Waals surface area contributed by atoms with Gasteiger partial charge in [0, 0.05) is 0 Å². The van der Waals surface area contributed by atoms with Crippen LogP contribution in [0.15, 0.2) is 36.4 Å². The third-order valence-electron chi connectivity index (χ3n) is 2.85. The van der Waals surface area contributed by atoms with Crippen LogP contribution in [0.4, 0.5) is 0 Å². The summed E-state index contributed by atoms with van der Waals surface area (Å²) >= 11 is 0. The van der Waals surface area contributed by atoms with Gasteiger partial charge >= 0.3 is 0 Å². The monoisotopic (exact) mass is 304 g/mol. The Hall–Kier alpha value is -2.84. The number of hydrazine groups is 2. The van der Waals surface area contributed by atoms with Crippen LogP contribution in [0.1, 0.15) is 0 Å². The molecule has 0 aromatic heterocycles. The number of hydrogen-bond acceptors (Lipinski definition) is 6. The zero-order chi connectivity index (χ0) is 15.9. The van der Waals surface area contributed by atoms with E-state index in [4.69, 9.17) is 21.2 Å². The Balaban J connectivity index is 2.08. The quantitative estimate of drug-likeness (QED) is 0.326. The molecule has 6 N–H and O–H groups in total. The summed E-state index contributed by atoms with van der Waals surface area (Å²) in [7, 11) is 0. The number of ether oxygens (including phenoxy) is 2. The fourth-order valence-electron chi connectivity index (χ4n) is 1.76. The summed E-state index contributed by atoms with van der Waals surface area (Å²) in [5.41, 5.74) is 3.97. The zero-order valence-corrected chi connectivity index (χ0v) is 11.7. The van der Waals surface area contributed by atoms with Crippen molar-refractivity contribution in [2.24, 2.45) is 11.7 Å². The second-order valence-electron chi connectivity index (χ2n) is 4.38. The molecule has 0 aliphatic heterocycles. The number of rotatable bonds is 6. The molecule has 8 nitrogen and oxygen atoms in total. The van der Waals surface area contributed by atoms with Gasteiger partial charge in [0.2, 0.25) is 0 Å². The number of carbonyl (C=O) groups is 2. The molecule has 2 aromatic carbocycles. The number of nitrogens with one attached hydrogen (secondary N) is 2. The summed E-state index contributed by atoms with van der Waals surface area (Å²) in [4.78, 5) is 22.1. The summed E-state index contributed by atoms with van der Waals surface area (Å²) in [6, 6.07) is 10.7. The molecule has 0 atom stereocenters. The zero-order valence-electron chi connectivity index (χ0n) is 11.7. The summed E-state index contributed by atoms with van der Waals surface area (Å²) in [6.45, 7) is -0.311. The maximum atomic E-state index is 11.0. The van der Waals surface area contributed by atoms with Gasteiger partial charge in [0.25, 0.3) is 11.8 Å². The number of hydrogen-bond donors (Lipinski definition) is 4. The highest BCUT2D eigenvalue weighted by atomic mass is 16.5. The maximum Gasteiger partial charge on any atom is 0.271 e. The van der Waals surface area contributed by atoms with Crippen molar-refractivity contribution in [1.82, 2.24) is 10.9 Å². The van der Waals surface area contributed by atoms with Gasteiger partial charge in [0.15, 0.2) is 13.2 Å². The number of amides is 2. The third-order valence-corrected chi connectivity index (χ3v) is 2.85. The molecule has 2 aromatic rings. The number of nitrogens with two attached hydrogens (primary N) is 2. The molecule has 2 amide bonds. The van der Waals surface area contributed by atoms with Gasteiger partial charge in [-0.15, -0.1) is 0 Å². The molecule has 116 valence electrons. The Morgan fingerprint density at radius 2 is 1.23 bits per heavy atom. The molecule has 2 rings (SSSR count). The lowest BCUT2D eigenvalue weighted by Gasteiger charge is -2.08. The van der Waals surface area contributed by atoms with E-state index >= 15 is 0 Å². The van der Waals surface area contributed by atoms with Gasteiger partial charge in [0.1, 0.15) is 11.5 Å². The molecule has 0 fully saturated rings. The molecule has 0 saturated carbocycles. The molecule has 8 heteroatoms. The van der Waals surface area contributed by atoms with Crippen molar-refractivity contribution < 1.29 is 19.1 Å². The normalized spacial score (nSPS) is 10.1. The van der Waals surface area contributed by atoms with Crippen LogP contribution in [0.2, 0.25) is 0 Å². The molecule has 0 bridgehead atoms. The second kappa shape index (κ2) is 7.25. The van der Waals surface area contributed by atoms with Gasteiger partial charge in [-0.25, -0.2) is 11.7 Å². The molecule has 0 aliphatic rings. The van der Waals surface area contributed by atoms with E-state index in [1.54, 1.807) is 24.3 Å². The minimum Gasteiger partial charge on any atom is -0.484 e. The van der Waals surface area contributed by atoms with Crippen LogP contribution in [0.25, 0.3) is 10.8 Å². The first-order chi connectivity index (χ1) is 10.6. The number of fused-ring (bicyclic) bond motifs is 1. The average Bonchev–Trinajstić information content (AvgIpc) is 2.57. The molecule has 22 heavy (non-hydrogen) atoms. The first-order valence-corrected chi connectivity index (χ1v) is 6.40. The van der Waals surface area contributed by atoms with Crippen molar-refractivity contribution in [3.63, 3.8) is 0 Å². The topological polar surface area (TPSA) is 129 Å².